The Morgan fingerprint density at radius 1 is 1.67 bits per heavy atom. The molecule has 2 heterocycles. The molecule has 3 nitrogen and oxygen atoms in total. The minimum Gasteiger partial charge on any atom is -0.492 e. The topological polar surface area (TPSA) is 34.1 Å². The highest BCUT2D eigenvalue weighted by molar-refractivity contribution is 9.10. The number of rotatable bonds is 3. The predicted molar refractivity (Wildman–Crippen MR) is 63.4 cm³/mol. The highest BCUT2D eigenvalue weighted by Gasteiger charge is 2.15. The Labute approximate surface area is 102 Å². The minimum absolute atomic E-state index is 0.463. The van der Waals surface area contributed by atoms with E-state index in [0.717, 1.165) is 29.9 Å². The van der Waals surface area contributed by atoms with Gasteiger partial charge in [0.05, 0.1) is 17.3 Å². The number of hydrogen-bond donors (Lipinski definition) is 1. The van der Waals surface area contributed by atoms with Crippen molar-refractivity contribution in [3.63, 3.8) is 0 Å². The highest BCUT2D eigenvalue weighted by atomic mass is 79.9. The molecule has 5 heteroatoms. The highest BCUT2D eigenvalue weighted by Crippen LogP contribution is 2.24. The third-order valence-electron chi connectivity index (χ3n) is 2.42. The van der Waals surface area contributed by atoms with Crippen molar-refractivity contribution in [3.8, 4) is 5.75 Å². The largest absolute Gasteiger partial charge is 0.492 e. The first-order valence-electron chi connectivity index (χ1n) is 4.90. The first kappa shape index (κ1) is 11.2. The van der Waals surface area contributed by atoms with Gasteiger partial charge < -0.3 is 10.1 Å². The van der Waals surface area contributed by atoms with E-state index in [-0.39, 0.29) is 0 Å². The van der Waals surface area contributed by atoms with Gasteiger partial charge in [-0.15, -0.1) is 0 Å². The van der Waals surface area contributed by atoms with Crippen molar-refractivity contribution in [1.82, 2.24) is 10.3 Å². The van der Waals surface area contributed by atoms with E-state index in [1.54, 1.807) is 6.20 Å². The van der Waals surface area contributed by atoms with Crippen LogP contribution in [0.5, 0.6) is 5.75 Å². The van der Waals surface area contributed by atoms with E-state index in [1.165, 1.54) is 6.42 Å². The molecule has 1 aliphatic heterocycles. The van der Waals surface area contributed by atoms with Gasteiger partial charge in [-0.25, -0.2) is 4.98 Å². The molecule has 1 N–H and O–H groups in total. The SMILES string of the molecule is Clc1ncc(OCC2CCNC2)cc1Br. The van der Waals surface area contributed by atoms with Crippen LogP contribution in [0.15, 0.2) is 16.7 Å². The summed E-state index contributed by atoms with van der Waals surface area (Å²) in [5, 5.41) is 3.77. The zero-order valence-electron chi connectivity index (χ0n) is 8.17. The third kappa shape index (κ3) is 3.06. The molecule has 1 fully saturated rings. The molecule has 15 heavy (non-hydrogen) atoms. The molecule has 0 aromatic carbocycles. The van der Waals surface area contributed by atoms with Gasteiger partial charge in [-0.3, -0.25) is 0 Å². The van der Waals surface area contributed by atoms with Gasteiger partial charge in [-0.2, -0.15) is 0 Å². The van der Waals surface area contributed by atoms with Crippen LogP contribution in [-0.2, 0) is 0 Å². The van der Waals surface area contributed by atoms with E-state index in [2.05, 4.69) is 26.2 Å². The van der Waals surface area contributed by atoms with Gasteiger partial charge in [-0.05, 0) is 35.0 Å². The second-order valence-electron chi connectivity index (χ2n) is 3.61. The molecule has 1 saturated heterocycles. The summed E-state index contributed by atoms with van der Waals surface area (Å²) in [6.45, 7) is 2.88. The molecule has 0 amide bonds. The van der Waals surface area contributed by atoms with Gasteiger partial charge in [-0.1, -0.05) is 11.6 Å². The summed E-state index contributed by atoms with van der Waals surface area (Å²) >= 11 is 9.10. The van der Waals surface area contributed by atoms with Crippen molar-refractivity contribution in [1.29, 1.82) is 0 Å². The average molecular weight is 292 g/mol. The molecule has 82 valence electrons. The fourth-order valence-corrected chi connectivity index (χ4v) is 1.98. The summed E-state index contributed by atoms with van der Waals surface area (Å²) in [4.78, 5) is 4.00. The van der Waals surface area contributed by atoms with Crippen LogP contribution in [0.4, 0.5) is 0 Å². The second kappa shape index (κ2) is 5.14. The standard InChI is InChI=1S/C10H12BrClN2O/c11-9-3-8(5-14-10(9)12)15-6-7-1-2-13-4-7/h3,5,7,13H,1-2,4,6H2. The van der Waals surface area contributed by atoms with Crippen molar-refractivity contribution >= 4 is 27.5 Å². The van der Waals surface area contributed by atoms with Crippen LogP contribution < -0.4 is 10.1 Å². The number of aromatic nitrogens is 1. The lowest BCUT2D eigenvalue weighted by molar-refractivity contribution is 0.259. The summed E-state index contributed by atoms with van der Waals surface area (Å²) in [6.07, 6.45) is 2.83. The molecule has 2 rings (SSSR count). The van der Waals surface area contributed by atoms with E-state index in [0.29, 0.717) is 11.1 Å². The maximum absolute atomic E-state index is 5.78. The van der Waals surface area contributed by atoms with Crippen LogP contribution in [0.25, 0.3) is 0 Å². The lowest BCUT2D eigenvalue weighted by Gasteiger charge is -2.10. The Morgan fingerprint density at radius 2 is 2.53 bits per heavy atom. The van der Waals surface area contributed by atoms with E-state index in [9.17, 15) is 0 Å². The van der Waals surface area contributed by atoms with Crippen molar-refractivity contribution in [2.24, 2.45) is 5.92 Å². The van der Waals surface area contributed by atoms with Crippen molar-refractivity contribution < 1.29 is 4.74 Å². The number of nitrogens with one attached hydrogen (secondary N) is 1. The van der Waals surface area contributed by atoms with Gasteiger partial charge in [0.25, 0.3) is 0 Å². The Balaban J connectivity index is 1.90. The van der Waals surface area contributed by atoms with Gasteiger partial charge in [0.2, 0.25) is 0 Å². The number of pyridine rings is 1. The summed E-state index contributed by atoms with van der Waals surface area (Å²) in [5.41, 5.74) is 0. The molecule has 0 saturated carbocycles. The zero-order valence-corrected chi connectivity index (χ0v) is 10.5. The monoisotopic (exact) mass is 290 g/mol. The molecule has 0 bridgehead atoms. The molecule has 1 aromatic heterocycles. The Hall–Kier alpha value is -0.320. The van der Waals surface area contributed by atoms with Crippen LogP contribution in [-0.4, -0.2) is 24.7 Å². The molecule has 0 radical (unpaired) electrons. The zero-order chi connectivity index (χ0) is 10.7. The fraction of sp³-hybridized carbons (Fsp3) is 0.500. The van der Waals surface area contributed by atoms with Crippen LogP contribution in [0.2, 0.25) is 5.15 Å². The number of hydrogen-bond acceptors (Lipinski definition) is 3. The van der Waals surface area contributed by atoms with Crippen LogP contribution in [0.1, 0.15) is 6.42 Å². The first-order valence-corrected chi connectivity index (χ1v) is 6.07. The van der Waals surface area contributed by atoms with E-state index >= 15 is 0 Å². The molecule has 0 spiro atoms. The lowest BCUT2D eigenvalue weighted by atomic mass is 10.1. The van der Waals surface area contributed by atoms with Crippen molar-refractivity contribution in [2.45, 2.75) is 6.42 Å². The summed E-state index contributed by atoms with van der Waals surface area (Å²) < 4.78 is 6.40. The van der Waals surface area contributed by atoms with Gasteiger partial charge in [0.1, 0.15) is 10.9 Å². The quantitative estimate of drug-likeness (QED) is 0.869. The molecular weight excluding hydrogens is 279 g/mol. The molecule has 1 aliphatic rings. The number of nitrogens with zero attached hydrogens (tertiary/aromatic N) is 1. The maximum Gasteiger partial charge on any atom is 0.143 e. The minimum atomic E-state index is 0.463. The average Bonchev–Trinajstić information content (AvgIpc) is 2.73. The van der Waals surface area contributed by atoms with Crippen molar-refractivity contribution in [3.05, 3.63) is 21.9 Å². The maximum atomic E-state index is 5.78. The van der Waals surface area contributed by atoms with E-state index < -0.39 is 0 Å². The van der Waals surface area contributed by atoms with Crippen LogP contribution in [0, 0.1) is 5.92 Å². The first-order chi connectivity index (χ1) is 7.25. The fourth-order valence-electron chi connectivity index (χ4n) is 1.55. The Kier molecular flexibility index (Phi) is 3.83. The normalized spacial score (nSPS) is 20.5. The number of halogens is 2. The van der Waals surface area contributed by atoms with Gasteiger partial charge in [0.15, 0.2) is 0 Å². The van der Waals surface area contributed by atoms with Crippen molar-refractivity contribution in [2.75, 3.05) is 19.7 Å². The smallest absolute Gasteiger partial charge is 0.143 e. The van der Waals surface area contributed by atoms with E-state index in [4.69, 9.17) is 16.3 Å². The third-order valence-corrected chi connectivity index (χ3v) is 3.55. The van der Waals surface area contributed by atoms with Gasteiger partial charge in [0, 0.05) is 12.5 Å². The lowest BCUT2D eigenvalue weighted by Crippen LogP contribution is -2.15. The van der Waals surface area contributed by atoms with Gasteiger partial charge >= 0.3 is 0 Å². The number of ether oxygens (including phenoxy) is 1. The molecule has 1 atom stereocenters. The van der Waals surface area contributed by atoms with Crippen LogP contribution in [0.3, 0.4) is 0 Å². The molecular formula is C10H12BrClN2O. The second-order valence-corrected chi connectivity index (χ2v) is 4.83. The predicted octanol–water partition coefficient (Wildman–Crippen LogP) is 2.49. The van der Waals surface area contributed by atoms with E-state index in [1.807, 2.05) is 6.07 Å². The molecule has 1 aromatic rings. The summed E-state index contributed by atoms with van der Waals surface area (Å²) in [5.74, 6) is 1.37. The molecule has 1 unspecified atom stereocenters. The summed E-state index contributed by atoms with van der Waals surface area (Å²) in [7, 11) is 0. The Morgan fingerprint density at radius 3 is 3.20 bits per heavy atom. The summed E-state index contributed by atoms with van der Waals surface area (Å²) in [6, 6.07) is 1.84. The van der Waals surface area contributed by atoms with Crippen LogP contribution >= 0.6 is 27.5 Å². The Bertz CT molecular complexity index is 342. The molecule has 0 aliphatic carbocycles.